The van der Waals surface area contributed by atoms with Crippen molar-refractivity contribution in [2.24, 2.45) is 0 Å². The molecule has 0 amide bonds. The second kappa shape index (κ2) is 19.0. The smallest absolute Gasteiger partial charge is 0.0543 e. The van der Waals surface area contributed by atoms with Gasteiger partial charge in [0, 0.05) is 52.9 Å². The normalized spacial score (nSPS) is 12.6. The largest absolute Gasteiger partial charge is 0.114 e. The summed E-state index contributed by atoms with van der Waals surface area (Å²) >= 11 is 3.80. The summed E-state index contributed by atoms with van der Waals surface area (Å²) in [5.74, 6) is 0. The Kier molecular flexibility index (Phi) is 17.8. The number of halogens is 2. The molecule has 213 valence electrons. The molecule has 0 aliphatic heterocycles. The fourth-order valence-corrected chi connectivity index (χ4v) is 8.29. The van der Waals surface area contributed by atoms with Crippen LogP contribution in [-0.2, 0) is 20.4 Å². The molecule has 0 bridgehead atoms. The van der Waals surface area contributed by atoms with Crippen LogP contribution in [0.1, 0.15) is 52.7 Å². The van der Waals surface area contributed by atoms with Crippen LogP contribution in [0.4, 0.5) is 0 Å². The van der Waals surface area contributed by atoms with Crippen molar-refractivity contribution in [2.75, 3.05) is 37.0 Å². The van der Waals surface area contributed by atoms with E-state index < -0.39 is 0 Å². The Hall–Kier alpha value is -0.338. The molecule has 3 aromatic rings. The van der Waals surface area contributed by atoms with Gasteiger partial charge in [-0.05, 0) is 109 Å². The van der Waals surface area contributed by atoms with E-state index in [9.17, 15) is 0 Å². The van der Waals surface area contributed by atoms with Crippen molar-refractivity contribution in [2.45, 2.75) is 41.5 Å². The first-order chi connectivity index (χ1) is 18.0. The molecule has 5 rings (SSSR count). The molecule has 0 N–H and O–H groups in total. The predicted molar refractivity (Wildman–Crippen MR) is 189 cm³/mol. The van der Waals surface area contributed by atoms with Gasteiger partial charge in [-0.2, -0.15) is 0 Å². The fourth-order valence-electron chi connectivity index (χ4n) is 4.77. The molecule has 5 heteroatoms. The average Bonchev–Trinajstić information content (AvgIpc) is 2.94. The molecule has 0 fully saturated rings. The van der Waals surface area contributed by atoms with Crippen LogP contribution in [0.15, 0.2) is 71.8 Å². The Balaban J connectivity index is 0.000000402. The third kappa shape index (κ3) is 9.87. The van der Waals surface area contributed by atoms with Crippen LogP contribution in [-0.4, -0.2) is 37.0 Å². The zero-order valence-electron chi connectivity index (χ0n) is 24.2. The first-order valence-corrected chi connectivity index (χ1v) is 18.7. The number of allylic oxidation sites excluding steroid dienone is 2. The first kappa shape index (κ1) is 36.7. The molecule has 0 atom stereocenters. The standard InChI is InChI=1S/C22H12Br.2C6H15P.BrH.Pd/c23-22-20-8-4-3-7-16(20)11-19-12-17-9-14-5-1-2-6-15(14)10-18(17)13-21(19)22;2*1-4-7(5-2)6-3;;/h1-10,12-13H;2*4-6H2,1-3H3;1H;/p+1. The molecular formula is C34H44Br2P2Pd+. The topological polar surface area (TPSA) is 0 Å². The second-order valence-corrected chi connectivity index (χ2v) is 17.0. The molecule has 0 saturated carbocycles. The van der Waals surface area contributed by atoms with Crippen LogP contribution in [0.2, 0.25) is 0 Å². The third-order valence-electron chi connectivity index (χ3n) is 7.35. The van der Waals surface area contributed by atoms with Gasteiger partial charge in [-0.3, -0.25) is 0 Å². The monoisotopic (exact) mass is 778 g/mol. The van der Waals surface area contributed by atoms with Gasteiger partial charge in [-0.15, -0.1) is 30.6 Å². The van der Waals surface area contributed by atoms with Crippen molar-refractivity contribution in [1.82, 2.24) is 0 Å². The number of benzene rings is 3. The summed E-state index contributed by atoms with van der Waals surface area (Å²) in [6, 6.07) is 21.4. The minimum absolute atomic E-state index is 0. The molecule has 2 aliphatic carbocycles. The molecule has 0 unspecified atom stereocenters. The molecule has 39 heavy (non-hydrogen) atoms. The van der Waals surface area contributed by atoms with Gasteiger partial charge in [-0.25, -0.2) is 0 Å². The van der Waals surface area contributed by atoms with Gasteiger partial charge >= 0.3 is 0 Å². The molecule has 3 aromatic carbocycles. The summed E-state index contributed by atoms with van der Waals surface area (Å²) in [4.78, 5) is 0. The molecule has 0 spiro atoms. The Morgan fingerprint density at radius 1 is 0.744 bits per heavy atom. The van der Waals surface area contributed by atoms with Crippen molar-refractivity contribution in [3.05, 3.63) is 99.8 Å². The molecule has 1 radical (unpaired) electrons. The summed E-state index contributed by atoms with van der Waals surface area (Å²) < 4.78 is 1.15. The van der Waals surface area contributed by atoms with E-state index in [0.29, 0.717) is 7.92 Å². The van der Waals surface area contributed by atoms with E-state index in [1.807, 2.05) is 0 Å². The average molecular weight is 781 g/mol. The number of rotatable bonds is 6. The first-order valence-electron chi connectivity index (χ1n) is 13.9. The summed E-state index contributed by atoms with van der Waals surface area (Å²) in [7, 11) is 0.583. The van der Waals surface area contributed by atoms with E-state index in [4.69, 9.17) is 0 Å². The fraction of sp³-hybridized carbons (Fsp3) is 0.353. The molecule has 0 nitrogen and oxygen atoms in total. The maximum absolute atomic E-state index is 3.80. The number of fused-ring (bicyclic) bond motifs is 4. The zero-order valence-corrected chi connectivity index (χ0v) is 31.0. The van der Waals surface area contributed by atoms with Crippen molar-refractivity contribution in [1.29, 1.82) is 0 Å². The summed E-state index contributed by atoms with van der Waals surface area (Å²) in [6.07, 6.45) is 13.1. The maximum Gasteiger partial charge on any atom is 0.0543 e. The summed E-state index contributed by atoms with van der Waals surface area (Å²) in [5, 5.41) is 4.91. The summed E-state index contributed by atoms with van der Waals surface area (Å²) in [5.41, 5.74) is 8.45. The minimum atomic E-state index is 0. The molecular weight excluding hydrogens is 737 g/mol. The van der Waals surface area contributed by atoms with Crippen molar-refractivity contribution < 1.29 is 20.4 Å². The minimum Gasteiger partial charge on any atom is -0.114 e. The van der Waals surface area contributed by atoms with Crippen LogP contribution >= 0.6 is 48.8 Å². The molecule has 2 aliphatic rings. The Labute approximate surface area is 272 Å². The summed E-state index contributed by atoms with van der Waals surface area (Å²) in [6.45, 7) is 13.8. The van der Waals surface area contributed by atoms with E-state index in [2.05, 4.69) is 136 Å². The van der Waals surface area contributed by atoms with E-state index in [0.717, 1.165) is 15.3 Å². The number of hydrogen-bond donors (Lipinski definition) is 0. The van der Waals surface area contributed by atoms with Crippen molar-refractivity contribution >= 4 is 75.8 Å². The van der Waals surface area contributed by atoms with Gasteiger partial charge in [0.1, 0.15) is 0 Å². The Bertz CT molecular complexity index is 1360. The molecule has 0 saturated heterocycles. The van der Waals surface area contributed by atoms with E-state index in [1.54, 1.807) is 0 Å². The van der Waals surface area contributed by atoms with Gasteiger partial charge in [0.05, 0.1) is 18.5 Å². The predicted octanol–water partition coefficient (Wildman–Crippen LogP) is 9.68. The Morgan fingerprint density at radius 2 is 1.26 bits per heavy atom. The molecule has 0 heterocycles. The molecule has 0 aromatic heterocycles. The van der Waals surface area contributed by atoms with E-state index >= 15 is 0 Å². The quantitative estimate of drug-likeness (QED) is 0.173. The van der Waals surface area contributed by atoms with Crippen LogP contribution < -0.4 is 10.4 Å². The number of hydrogen-bond acceptors (Lipinski definition) is 0. The second-order valence-electron chi connectivity index (χ2n) is 9.36. The van der Waals surface area contributed by atoms with Crippen molar-refractivity contribution in [3.8, 4) is 0 Å². The van der Waals surface area contributed by atoms with Gasteiger partial charge in [0.25, 0.3) is 0 Å². The van der Waals surface area contributed by atoms with E-state index in [1.165, 1.54) is 69.7 Å². The van der Waals surface area contributed by atoms with E-state index in [-0.39, 0.29) is 45.3 Å². The van der Waals surface area contributed by atoms with Gasteiger partial charge in [-0.1, -0.05) is 63.2 Å². The third-order valence-corrected chi connectivity index (χ3v) is 13.9. The van der Waals surface area contributed by atoms with Crippen LogP contribution in [0.5, 0.6) is 0 Å². The maximum atomic E-state index is 3.80. The van der Waals surface area contributed by atoms with Gasteiger partial charge in [0.15, 0.2) is 0 Å². The van der Waals surface area contributed by atoms with Crippen LogP contribution in [0.3, 0.4) is 0 Å². The van der Waals surface area contributed by atoms with Crippen LogP contribution in [0, 0.1) is 6.42 Å². The van der Waals surface area contributed by atoms with Gasteiger partial charge < -0.3 is 0 Å². The Morgan fingerprint density at radius 3 is 1.74 bits per heavy atom. The van der Waals surface area contributed by atoms with Crippen molar-refractivity contribution in [3.63, 3.8) is 0 Å². The SMILES string of the molecule is Br.BrC1=c2ccccc2=C=C2[CH]c3cc4ccccc4cc3C=C21.CCP(CC)CC.CC[PH+](CC)CC.[Pd]. The zero-order chi connectivity index (χ0) is 26.8. The van der Waals surface area contributed by atoms with Crippen LogP contribution in [0.25, 0.3) is 27.1 Å². The van der Waals surface area contributed by atoms with Gasteiger partial charge in [0.2, 0.25) is 0 Å².